The van der Waals surface area contributed by atoms with Crippen LogP contribution in [0.5, 0.6) is 23.0 Å². The van der Waals surface area contributed by atoms with E-state index in [0.717, 1.165) is 11.1 Å². The van der Waals surface area contributed by atoms with E-state index >= 15 is 0 Å². The lowest BCUT2D eigenvalue weighted by Gasteiger charge is -2.26. The third-order valence-corrected chi connectivity index (χ3v) is 4.54. The third kappa shape index (κ3) is 3.25. The third-order valence-electron chi connectivity index (χ3n) is 4.54. The molecule has 0 amide bonds. The molecule has 2 aromatic rings. The van der Waals surface area contributed by atoms with E-state index in [9.17, 15) is 15.0 Å². The smallest absolute Gasteiger partial charge is 0.177 e. The van der Waals surface area contributed by atoms with Crippen LogP contribution in [-0.4, -0.2) is 29.7 Å². The Morgan fingerprint density at radius 2 is 2.04 bits per heavy atom. The molecule has 0 radical (unpaired) electrons. The van der Waals surface area contributed by atoms with Gasteiger partial charge in [0, 0.05) is 11.6 Å². The molecule has 0 aromatic heterocycles. The normalized spacial score (nSPS) is 15.8. The molecule has 5 nitrogen and oxygen atoms in total. The van der Waals surface area contributed by atoms with Crippen molar-refractivity contribution in [1.29, 1.82) is 0 Å². The second-order valence-corrected chi connectivity index (χ2v) is 6.58. The summed E-state index contributed by atoms with van der Waals surface area (Å²) >= 11 is 0. The number of allylic oxidation sites excluding steroid dienone is 2. The first-order valence-electron chi connectivity index (χ1n) is 8.44. The van der Waals surface area contributed by atoms with Crippen molar-refractivity contribution in [3.8, 4) is 23.0 Å². The Hall–Kier alpha value is -2.95. The van der Waals surface area contributed by atoms with Crippen LogP contribution in [0.1, 0.15) is 41.3 Å². The van der Waals surface area contributed by atoms with E-state index in [2.05, 4.69) is 0 Å². The Morgan fingerprint density at radius 1 is 1.27 bits per heavy atom. The van der Waals surface area contributed by atoms with Gasteiger partial charge in [0.25, 0.3) is 0 Å². The van der Waals surface area contributed by atoms with Crippen LogP contribution in [0.25, 0.3) is 0 Å². The number of hydrogen-bond donors (Lipinski definition) is 2. The maximum atomic E-state index is 13.0. The molecule has 1 atom stereocenters. The SMILES string of the molecule is COc1ccc([C@H]2COc3cc(O)ccc3C2=O)c(CC=C(C)C)c1O. The van der Waals surface area contributed by atoms with Crippen molar-refractivity contribution >= 4 is 5.78 Å². The standard InChI is InChI=1S/C21H22O5/c1-12(2)4-6-15-14(8-9-18(25-3)21(15)24)17-11-26-19-10-13(22)5-7-16(19)20(17)23/h4-5,7-10,17,22,24H,6,11H2,1-3H3/t17-/m1/s1. The van der Waals surface area contributed by atoms with Gasteiger partial charge in [-0.3, -0.25) is 4.79 Å². The molecule has 0 saturated carbocycles. The van der Waals surface area contributed by atoms with Crippen LogP contribution in [-0.2, 0) is 6.42 Å². The number of hydrogen-bond acceptors (Lipinski definition) is 5. The number of phenolic OH excluding ortho intramolecular Hbond substituents is 2. The van der Waals surface area contributed by atoms with Crippen molar-refractivity contribution in [2.45, 2.75) is 26.2 Å². The van der Waals surface area contributed by atoms with Crippen molar-refractivity contribution in [3.63, 3.8) is 0 Å². The van der Waals surface area contributed by atoms with E-state index in [-0.39, 0.29) is 23.9 Å². The maximum Gasteiger partial charge on any atom is 0.177 e. The minimum absolute atomic E-state index is 0.0480. The van der Waals surface area contributed by atoms with Gasteiger partial charge in [0.05, 0.1) is 18.6 Å². The highest BCUT2D eigenvalue weighted by atomic mass is 16.5. The molecule has 0 bridgehead atoms. The topological polar surface area (TPSA) is 76.0 Å². The van der Waals surface area contributed by atoms with E-state index in [0.29, 0.717) is 29.0 Å². The van der Waals surface area contributed by atoms with Crippen molar-refractivity contribution in [2.24, 2.45) is 0 Å². The Labute approximate surface area is 152 Å². The van der Waals surface area contributed by atoms with Gasteiger partial charge in [-0.15, -0.1) is 0 Å². The van der Waals surface area contributed by atoms with Crippen molar-refractivity contribution < 1.29 is 24.5 Å². The summed E-state index contributed by atoms with van der Waals surface area (Å²) in [5, 5.41) is 20.2. The van der Waals surface area contributed by atoms with Gasteiger partial charge in [0.2, 0.25) is 0 Å². The molecule has 2 aromatic carbocycles. The summed E-state index contributed by atoms with van der Waals surface area (Å²) < 4.78 is 10.9. The van der Waals surface area contributed by atoms with E-state index in [1.54, 1.807) is 12.1 Å². The van der Waals surface area contributed by atoms with E-state index in [1.165, 1.54) is 19.2 Å². The highest BCUT2D eigenvalue weighted by Gasteiger charge is 2.32. The quantitative estimate of drug-likeness (QED) is 0.813. The molecule has 26 heavy (non-hydrogen) atoms. The lowest BCUT2D eigenvalue weighted by molar-refractivity contribution is 0.0895. The van der Waals surface area contributed by atoms with Gasteiger partial charge in [-0.2, -0.15) is 0 Å². The predicted octanol–water partition coefficient (Wildman–Crippen LogP) is 3.97. The van der Waals surface area contributed by atoms with Crippen molar-refractivity contribution in [2.75, 3.05) is 13.7 Å². The van der Waals surface area contributed by atoms with Crippen molar-refractivity contribution in [1.82, 2.24) is 0 Å². The zero-order valence-corrected chi connectivity index (χ0v) is 15.1. The van der Waals surface area contributed by atoms with Gasteiger partial charge in [0.15, 0.2) is 17.3 Å². The van der Waals surface area contributed by atoms with Gasteiger partial charge in [0.1, 0.15) is 18.1 Å². The molecule has 3 rings (SSSR count). The number of ketones is 1. The van der Waals surface area contributed by atoms with Crippen LogP contribution in [0.2, 0.25) is 0 Å². The summed E-state index contributed by atoms with van der Waals surface area (Å²) in [6.45, 7) is 4.12. The Bertz CT molecular complexity index is 878. The first-order valence-corrected chi connectivity index (χ1v) is 8.44. The first-order chi connectivity index (χ1) is 12.4. The van der Waals surface area contributed by atoms with Gasteiger partial charge in [-0.1, -0.05) is 17.7 Å². The number of Topliss-reactive ketones (excluding diaryl/α,β-unsaturated/α-hetero) is 1. The van der Waals surface area contributed by atoms with E-state index < -0.39 is 5.92 Å². The molecule has 2 N–H and O–H groups in total. The molecule has 0 spiro atoms. The molecule has 1 aliphatic heterocycles. The van der Waals surface area contributed by atoms with Crippen LogP contribution in [0.4, 0.5) is 0 Å². The van der Waals surface area contributed by atoms with Gasteiger partial charge in [-0.25, -0.2) is 0 Å². The zero-order chi connectivity index (χ0) is 18.8. The van der Waals surface area contributed by atoms with Gasteiger partial charge in [-0.05, 0) is 44.0 Å². The second-order valence-electron chi connectivity index (χ2n) is 6.58. The number of benzene rings is 2. The molecular formula is C21H22O5. The molecule has 136 valence electrons. The summed E-state index contributed by atoms with van der Waals surface area (Å²) in [7, 11) is 1.50. The van der Waals surface area contributed by atoms with Crippen molar-refractivity contribution in [3.05, 3.63) is 58.7 Å². The predicted molar refractivity (Wildman–Crippen MR) is 98.5 cm³/mol. The minimum atomic E-state index is -0.524. The van der Waals surface area contributed by atoms with Crippen LogP contribution >= 0.6 is 0 Å². The fourth-order valence-electron chi connectivity index (χ4n) is 3.14. The maximum absolute atomic E-state index is 13.0. The fourth-order valence-corrected chi connectivity index (χ4v) is 3.14. The molecule has 1 heterocycles. The number of fused-ring (bicyclic) bond motifs is 1. The summed E-state index contributed by atoms with van der Waals surface area (Å²) in [5.74, 6) is 0.252. The number of phenols is 2. The fraction of sp³-hybridized carbons (Fsp3) is 0.286. The second kappa shape index (κ2) is 7.12. The van der Waals surface area contributed by atoms with E-state index in [4.69, 9.17) is 9.47 Å². The number of methoxy groups -OCH3 is 1. The highest BCUT2D eigenvalue weighted by molar-refractivity contribution is 6.04. The van der Waals surface area contributed by atoms with Gasteiger partial charge < -0.3 is 19.7 Å². The molecular weight excluding hydrogens is 332 g/mol. The van der Waals surface area contributed by atoms with Gasteiger partial charge >= 0.3 is 0 Å². The number of aromatic hydroxyl groups is 2. The molecule has 0 fully saturated rings. The van der Waals surface area contributed by atoms with Crippen LogP contribution in [0, 0.1) is 0 Å². The summed E-state index contributed by atoms with van der Waals surface area (Å²) in [5.41, 5.74) is 2.94. The minimum Gasteiger partial charge on any atom is -0.508 e. The molecule has 0 aliphatic carbocycles. The molecule has 0 saturated heterocycles. The Morgan fingerprint density at radius 3 is 2.73 bits per heavy atom. The molecule has 0 unspecified atom stereocenters. The summed E-state index contributed by atoms with van der Waals surface area (Å²) in [6, 6.07) is 7.95. The summed E-state index contributed by atoms with van der Waals surface area (Å²) in [6.07, 6.45) is 2.49. The zero-order valence-electron chi connectivity index (χ0n) is 15.1. The van der Waals surface area contributed by atoms with Crippen LogP contribution < -0.4 is 9.47 Å². The number of rotatable bonds is 4. The average Bonchev–Trinajstić information content (AvgIpc) is 2.60. The Kier molecular flexibility index (Phi) is 4.89. The molecule has 5 heteroatoms. The van der Waals surface area contributed by atoms with Crippen LogP contribution in [0.15, 0.2) is 42.0 Å². The largest absolute Gasteiger partial charge is 0.508 e. The molecule has 1 aliphatic rings. The number of ether oxygens (including phenoxy) is 2. The number of carbonyl (C=O) groups is 1. The first kappa shape index (κ1) is 17.9. The monoisotopic (exact) mass is 354 g/mol. The lowest BCUT2D eigenvalue weighted by Crippen LogP contribution is -2.27. The summed E-state index contributed by atoms with van der Waals surface area (Å²) in [4.78, 5) is 13.0. The number of carbonyl (C=O) groups excluding carboxylic acids is 1. The Balaban J connectivity index is 2.06. The highest BCUT2D eigenvalue weighted by Crippen LogP contribution is 2.40. The average molecular weight is 354 g/mol. The van der Waals surface area contributed by atoms with Crippen LogP contribution in [0.3, 0.4) is 0 Å². The van der Waals surface area contributed by atoms with E-state index in [1.807, 2.05) is 26.0 Å². The lowest BCUT2D eigenvalue weighted by atomic mass is 9.85.